The van der Waals surface area contributed by atoms with Crippen LogP contribution in [0.2, 0.25) is 0 Å². The molecule has 36 heavy (non-hydrogen) atoms. The first-order valence-corrected chi connectivity index (χ1v) is 10.9. The minimum atomic E-state index is -0.471. The summed E-state index contributed by atoms with van der Waals surface area (Å²) in [6.07, 6.45) is 0. The van der Waals surface area contributed by atoms with E-state index in [0.29, 0.717) is 5.56 Å². The van der Waals surface area contributed by atoms with E-state index >= 15 is 0 Å². The summed E-state index contributed by atoms with van der Waals surface area (Å²) in [7, 11) is 0. The Labute approximate surface area is 205 Å². The lowest BCUT2D eigenvalue weighted by atomic mass is 9.83. The maximum atomic E-state index is 13.3. The fraction of sp³-hybridized carbons (Fsp3) is 0.0370. The highest BCUT2D eigenvalue weighted by Crippen LogP contribution is 2.41. The summed E-state index contributed by atoms with van der Waals surface area (Å²) >= 11 is 0. The maximum absolute atomic E-state index is 13.3. The standard InChI is InChI=1S/C27H18N6O3/c1-14-22(29-2)26(28)31-27(30-15-8-4-3-5-9-15)23(14)33-32-18-12-6-10-16-20(18)24(35)17-11-7-13-19(34)21(17)25(16)36/h3-13,34H,1H3,(H3,28,30,31). The fourth-order valence-electron chi connectivity index (χ4n) is 4.11. The molecule has 4 N–H and O–H groups in total. The summed E-state index contributed by atoms with van der Waals surface area (Å²) in [5, 5.41) is 22.0. The van der Waals surface area contributed by atoms with E-state index in [1.165, 1.54) is 24.3 Å². The number of aromatic nitrogens is 1. The van der Waals surface area contributed by atoms with Crippen LogP contribution in [0.1, 0.15) is 37.4 Å². The van der Waals surface area contributed by atoms with Gasteiger partial charge in [0.25, 0.3) is 0 Å². The third kappa shape index (κ3) is 3.63. The summed E-state index contributed by atoms with van der Waals surface area (Å²) in [5.41, 5.74) is 8.07. The van der Waals surface area contributed by atoms with Gasteiger partial charge in [-0.15, -0.1) is 10.2 Å². The first-order chi connectivity index (χ1) is 17.4. The number of benzene rings is 3. The van der Waals surface area contributed by atoms with Crippen molar-refractivity contribution >= 4 is 46.0 Å². The van der Waals surface area contributed by atoms with Crippen molar-refractivity contribution in [1.82, 2.24) is 4.98 Å². The van der Waals surface area contributed by atoms with Gasteiger partial charge in [0.15, 0.2) is 17.4 Å². The van der Waals surface area contributed by atoms with Crippen LogP contribution in [0.3, 0.4) is 0 Å². The summed E-state index contributed by atoms with van der Waals surface area (Å²) < 4.78 is 0. The van der Waals surface area contributed by atoms with E-state index in [1.807, 2.05) is 30.3 Å². The second-order valence-electron chi connectivity index (χ2n) is 8.03. The number of para-hydroxylation sites is 1. The molecule has 1 heterocycles. The summed E-state index contributed by atoms with van der Waals surface area (Å²) in [5.74, 6) is -0.831. The van der Waals surface area contributed by atoms with Crippen molar-refractivity contribution in [3.05, 3.63) is 106 Å². The zero-order valence-corrected chi connectivity index (χ0v) is 19.0. The van der Waals surface area contributed by atoms with Gasteiger partial charge < -0.3 is 16.2 Å². The van der Waals surface area contributed by atoms with E-state index in [2.05, 4.69) is 25.4 Å². The van der Waals surface area contributed by atoms with E-state index in [1.54, 1.807) is 19.1 Å². The largest absolute Gasteiger partial charge is 0.507 e. The van der Waals surface area contributed by atoms with Gasteiger partial charge in [0.1, 0.15) is 17.3 Å². The number of phenolic OH excluding ortho intramolecular Hbond substituents is 1. The molecule has 3 aromatic carbocycles. The van der Waals surface area contributed by atoms with Gasteiger partial charge >= 0.3 is 0 Å². The zero-order chi connectivity index (χ0) is 25.4. The van der Waals surface area contributed by atoms with Gasteiger partial charge in [-0.3, -0.25) is 9.59 Å². The van der Waals surface area contributed by atoms with E-state index in [0.717, 1.165) is 5.69 Å². The lowest BCUT2D eigenvalue weighted by Gasteiger charge is -2.19. The van der Waals surface area contributed by atoms with Crippen LogP contribution in [-0.2, 0) is 0 Å². The average Bonchev–Trinajstić information content (AvgIpc) is 2.87. The van der Waals surface area contributed by atoms with E-state index in [9.17, 15) is 14.7 Å². The second kappa shape index (κ2) is 8.77. The number of rotatable bonds is 4. The predicted molar refractivity (Wildman–Crippen MR) is 135 cm³/mol. The molecule has 0 saturated heterocycles. The lowest BCUT2D eigenvalue weighted by Crippen LogP contribution is -2.21. The molecule has 0 saturated carbocycles. The maximum Gasteiger partial charge on any atom is 0.233 e. The van der Waals surface area contributed by atoms with Crippen molar-refractivity contribution in [2.75, 3.05) is 11.1 Å². The number of fused-ring (bicyclic) bond motifs is 2. The Morgan fingerprint density at radius 3 is 2.31 bits per heavy atom. The van der Waals surface area contributed by atoms with E-state index in [4.69, 9.17) is 12.3 Å². The Kier molecular flexibility index (Phi) is 5.47. The molecular weight excluding hydrogens is 456 g/mol. The molecule has 0 spiro atoms. The van der Waals surface area contributed by atoms with Gasteiger partial charge in [-0.1, -0.05) is 42.5 Å². The predicted octanol–water partition coefficient (Wildman–Crippen LogP) is 6.16. The van der Waals surface area contributed by atoms with E-state index < -0.39 is 11.6 Å². The van der Waals surface area contributed by atoms with Crippen LogP contribution in [0, 0.1) is 13.5 Å². The second-order valence-corrected chi connectivity index (χ2v) is 8.03. The number of nitrogen functional groups attached to an aromatic ring is 1. The quantitative estimate of drug-likeness (QED) is 0.211. The molecule has 1 aliphatic rings. The molecule has 1 aromatic heterocycles. The summed E-state index contributed by atoms with van der Waals surface area (Å²) in [6.45, 7) is 9.16. The highest BCUT2D eigenvalue weighted by molar-refractivity contribution is 6.30. The number of anilines is 3. The zero-order valence-electron chi connectivity index (χ0n) is 19.0. The fourth-order valence-corrected chi connectivity index (χ4v) is 4.11. The lowest BCUT2D eigenvalue weighted by molar-refractivity contribution is 0.0977. The number of carbonyl (C=O) groups excluding carboxylic acids is 2. The molecular formula is C27H18N6O3. The van der Waals surface area contributed by atoms with Gasteiger partial charge in [0, 0.05) is 16.8 Å². The number of nitrogens with two attached hydrogens (primary N) is 1. The molecule has 0 aliphatic heterocycles. The molecule has 5 rings (SSSR count). The van der Waals surface area contributed by atoms with Gasteiger partial charge in [-0.05, 0) is 36.8 Å². The normalized spacial score (nSPS) is 12.2. The van der Waals surface area contributed by atoms with Gasteiger partial charge in [0.2, 0.25) is 5.69 Å². The van der Waals surface area contributed by atoms with Gasteiger partial charge in [-0.2, -0.15) is 0 Å². The molecule has 0 fully saturated rings. The minimum Gasteiger partial charge on any atom is -0.507 e. The number of aromatic hydroxyl groups is 1. The summed E-state index contributed by atoms with van der Waals surface area (Å²) in [6, 6.07) is 18.3. The number of ketones is 2. The van der Waals surface area contributed by atoms with Crippen LogP contribution < -0.4 is 11.1 Å². The third-order valence-corrected chi connectivity index (χ3v) is 5.84. The Hall–Kier alpha value is -5.36. The van der Waals surface area contributed by atoms with Crippen LogP contribution in [0.25, 0.3) is 4.85 Å². The molecule has 9 nitrogen and oxygen atoms in total. The average molecular weight is 474 g/mol. The number of nitrogens with one attached hydrogen (secondary N) is 1. The Morgan fingerprint density at radius 1 is 0.917 bits per heavy atom. The highest BCUT2D eigenvalue weighted by Gasteiger charge is 2.33. The van der Waals surface area contributed by atoms with Crippen LogP contribution >= 0.6 is 0 Å². The Morgan fingerprint density at radius 2 is 1.58 bits per heavy atom. The van der Waals surface area contributed by atoms with E-state index in [-0.39, 0.29) is 56.7 Å². The first-order valence-electron chi connectivity index (χ1n) is 10.9. The van der Waals surface area contributed by atoms with Crippen molar-refractivity contribution in [3.63, 3.8) is 0 Å². The molecule has 0 radical (unpaired) electrons. The van der Waals surface area contributed by atoms with Crippen molar-refractivity contribution < 1.29 is 14.7 Å². The molecule has 174 valence electrons. The molecule has 9 heteroatoms. The number of hydrogen-bond donors (Lipinski definition) is 3. The van der Waals surface area contributed by atoms with Crippen LogP contribution in [0.5, 0.6) is 5.75 Å². The third-order valence-electron chi connectivity index (χ3n) is 5.84. The first kappa shape index (κ1) is 22.4. The number of carbonyl (C=O) groups is 2. The van der Waals surface area contributed by atoms with Crippen LogP contribution in [0.4, 0.5) is 34.4 Å². The Balaban J connectivity index is 1.63. The molecule has 0 atom stereocenters. The number of azo groups is 1. The molecule has 1 aliphatic carbocycles. The molecule has 0 amide bonds. The number of pyridine rings is 1. The highest BCUT2D eigenvalue weighted by atomic mass is 16.3. The summed E-state index contributed by atoms with van der Waals surface area (Å²) in [4.78, 5) is 34.2. The van der Waals surface area contributed by atoms with Gasteiger partial charge in [0.05, 0.1) is 23.4 Å². The van der Waals surface area contributed by atoms with Crippen molar-refractivity contribution in [3.8, 4) is 5.75 Å². The molecule has 0 unspecified atom stereocenters. The van der Waals surface area contributed by atoms with Crippen LogP contribution in [0.15, 0.2) is 77.0 Å². The van der Waals surface area contributed by atoms with Crippen LogP contribution in [-0.4, -0.2) is 21.7 Å². The monoisotopic (exact) mass is 474 g/mol. The van der Waals surface area contributed by atoms with Crippen molar-refractivity contribution in [2.45, 2.75) is 6.92 Å². The Bertz CT molecular complexity index is 1640. The van der Waals surface area contributed by atoms with Crippen molar-refractivity contribution in [2.24, 2.45) is 10.2 Å². The van der Waals surface area contributed by atoms with Gasteiger partial charge in [-0.25, -0.2) is 9.83 Å². The van der Waals surface area contributed by atoms with Crippen molar-refractivity contribution in [1.29, 1.82) is 0 Å². The minimum absolute atomic E-state index is 0.0290. The number of hydrogen-bond acceptors (Lipinski definition) is 8. The molecule has 0 bridgehead atoms. The smallest absolute Gasteiger partial charge is 0.233 e. The SMILES string of the molecule is [C-]#[N+]c1c(N)nc(Nc2ccccc2)c(N=Nc2cccc3c2C(=O)c2cccc(O)c2C3=O)c1C. The molecule has 4 aromatic rings. The topological polar surface area (TPSA) is 134 Å². The number of nitrogens with zero attached hydrogens (tertiary/aromatic N) is 4. The number of phenols is 1.